The van der Waals surface area contributed by atoms with Crippen molar-refractivity contribution in [2.45, 2.75) is 309 Å². The maximum Gasteiger partial charge on any atom is 0.306 e. The van der Waals surface area contributed by atoms with E-state index >= 15 is 0 Å². The van der Waals surface area contributed by atoms with Gasteiger partial charge in [0.25, 0.3) is 7.82 Å². The van der Waals surface area contributed by atoms with Crippen molar-refractivity contribution in [3.63, 3.8) is 0 Å². The van der Waals surface area contributed by atoms with Crippen LogP contribution in [-0.2, 0) is 32.7 Å². The van der Waals surface area contributed by atoms with Gasteiger partial charge in [-0.05, 0) is 51.4 Å². The van der Waals surface area contributed by atoms with E-state index in [0.29, 0.717) is 17.4 Å². The predicted octanol–water partition coefficient (Wildman–Crippen LogP) is 18.9. The smallest absolute Gasteiger partial charge is 0.306 e. The fourth-order valence-corrected chi connectivity index (χ4v) is 9.81. The molecule has 0 aliphatic rings. The van der Waals surface area contributed by atoms with Crippen molar-refractivity contribution in [1.29, 1.82) is 0 Å². The third-order valence-electron chi connectivity index (χ3n) is 13.9. The lowest BCUT2D eigenvalue weighted by molar-refractivity contribution is -0.870. The van der Waals surface area contributed by atoms with Crippen molar-refractivity contribution in [3.8, 4) is 0 Å². The minimum atomic E-state index is -4.64. The van der Waals surface area contributed by atoms with Crippen LogP contribution in [0.3, 0.4) is 0 Å². The highest BCUT2D eigenvalue weighted by atomic mass is 31.2. The van der Waals surface area contributed by atoms with E-state index in [1.165, 1.54) is 212 Å². The second-order valence-corrected chi connectivity index (χ2v) is 23.8. The van der Waals surface area contributed by atoms with Gasteiger partial charge in [-0.25, -0.2) is 0 Å². The number of carbonyl (C=O) groups excluding carboxylic acids is 2. The van der Waals surface area contributed by atoms with Crippen molar-refractivity contribution in [2.24, 2.45) is 0 Å². The van der Waals surface area contributed by atoms with Crippen LogP contribution in [-0.4, -0.2) is 70.0 Å². The lowest BCUT2D eigenvalue weighted by Crippen LogP contribution is -2.37. The zero-order chi connectivity index (χ0) is 53.5. The Hall–Kier alpha value is -1.77. The molecule has 0 saturated carbocycles. The first-order chi connectivity index (χ1) is 35.5. The third kappa shape index (κ3) is 59.3. The lowest BCUT2D eigenvalue weighted by Gasteiger charge is -2.28. The maximum atomic E-state index is 12.8. The molecule has 0 spiro atoms. The minimum absolute atomic E-state index is 0.0301. The number of carbonyl (C=O) groups is 2. The molecule has 0 rings (SSSR count). The number of likely N-dealkylation sites (N-methyl/N-ethyl adjacent to an activating group) is 1. The molecule has 0 aromatic rings. The van der Waals surface area contributed by atoms with Gasteiger partial charge in [0.2, 0.25) is 0 Å². The van der Waals surface area contributed by atoms with Crippen molar-refractivity contribution in [2.75, 3.05) is 47.5 Å². The Bertz CT molecular complexity index is 1330. The van der Waals surface area contributed by atoms with Crippen LogP contribution in [0.5, 0.6) is 0 Å². The molecule has 2 atom stereocenters. The van der Waals surface area contributed by atoms with Gasteiger partial charge in [0.1, 0.15) is 19.8 Å². The summed E-state index contributed by atoms with van der Waals surface area (Å²) in [5, 5.41) is 0. The van der Waals surface area contributed by atoms with Crippen molar-refractivity contribution in [3.05, 3.63) is 36.5 Å². The molecular formula is C63H120NO8P. The summed E-state index contributed by atoms with van der Waals surface area (Å²) in [5.41, 5.74) is 0. The monoisotopic (exact) mass is 1050 g/mol. The van der Waals surface area contributed by atoms with Crippen LogP contribution < -0.4 is 4.89 Å². The predicted molar refractivity (Wildman–Crippen MR) is 310 cm³/mol. The van der Waals surface area contributed by atoms with Crippen LogP contribution >= 0.6 is 7.82 Å². The van der Waals surface area contributed by atoms with Crippen molar-refractivity contribution >= 4 is 19.8 Å². The van der Waals surface area contributed by atoms with Gasteiger partial charge < -0.3 is 27.9 Å². The van der Waals surface area contributed by atoms with E-state index in [-0.39, 0.29) is 32.0 Å². The molecule has 0 saturated heterocycles. The Labute approximate surface area is 452 Å². The molecule has 430 valence electrons. The van der Waals surface area contributed by atoms with E-state index in [1.807, 2.05) is 21.1 Å². The summed E-state index contributed by atoms with van der Waals surface area (Å²) in [5.74, 6) is -0.822. The molecule has 73 heavy (non-hydrogen) atoms. The van der Waals surface area contributed by atoms with Crippen molar-refractivity contribution < 1.29 is 42.1 Å². The van der Waals surface area contributed by atoms with Gasteiger partial charge in [-0.1, -0.05) is 275 Å². The van der Waals surface area contributed by atoms with E-state index in [1.54, 1.807) is 0 Å². The number of phosphoric acid groups is 1. The molecule has 0 heterocycles. The Kier molecular flexibility index (Phi) is 53.7. The number of ether oxygens (including phenoxy) is 2. The van der Waals surface area contributed by atoms with Gasteiger partial charge in [0, 0.05) is 12.8 Å². The summed E-state index contributed by atoms with van der Waals surface area (Å²) in [6.45, 7) is 4.28. The first-order valence-electron chi connectivity index (χ1n) is 31.2. The summed E-state index contributed by atoms with van der Waals surface area (Å²) in [7, 11) is 1.18. The fourth-order valence-electron chi connectivity index (χ4n) is 9.08. The number of phosphoric ester groups is 1. The van der Waals surface area contributed by atoms with Crippen LogP contribution in [0, 0.1) is 0 Å². The second-order valence-electron chi connectivity index (χ2n) is 22.4. The lowest BCUT2D eigenvalue weighted by atomic mass is 10.0. The summed E-state index contributed by atoms with van der Waals surface area (Å²) >= 11 is 0. The number of unbranched alkanes of at least 4 members (excludes halogenated alkanes) is 38. The largest absolute Gasteiger partial charge is 0.756 e. The van der Waals surface area contributed by atoms with Crippen LogP contribution in [0.25, 0.3) is 0 Å². The molecule has 0 aliphatic heterocycles. The van der Waals surface area contributed by atoms with E-state index < -0.39 is 26.5 Å². The first kappa shape index (κ1) is 71.2. The van der Waals surface area contributed by atoms with Crippen LogP contribution in [0.2, 0.25) is 0 Å². The number of hydrogen-bond acceptors (Lipinski definition) is 8. The molecular weight excluding hydrogens is 930 g/mol. The van der Waals surface area contributed by atoms with Gasteiger partial charge in [-0.2, -0.15) is 0 Å². The fraction of sp³-hybridized carbons (Fsp3) is 0.873. The summed E-state index contributed by atoms with van der Waals surface area (Å²) < 4.78 is 34.2. The minimum Gasteiger partial charge on any atom is -0.756 e. The first-order valence-corrected chi connectivity index (χ1v) is 32.7. The second kappa shape index (κ2) is 55.0. The molecule has 2 unspecified atom stereocenters. The van der Waals surface area contributed by atoms with Crippen LogP contribution in [0.15, 0.2) is 36.5 Å². The van der Waals surface area contributed by atoms with Gasteiger partial charge in [-0.3, -0.25) is 14.2 Å². The summed E-state index contributed by atoms with van der Waals surface area (Å²) in [6, 6.07) is 0. The highest BCUT2D eigenvalue weighted by Gasteiger charge is 2.22. The van der Waals surface area contributed by atoms with E-state index in [0.717, 1.165) is 57.8 Å². The molecule has 0 fully saturated rings. The van der Waals surface area contributed by atoms with Gasteiger partial charge in [-0.15, -0.1) is 0 Å². The molecule has 0 aromatic carbocycles. The number of rotatable bonds is 58. The Morgan fingerprint density at radius 2 is 0.740 bits per heavy atom. The number of nitrogens with zero attached hydrogens (tertiary/aromatic N) is 1. The van der Waals surface area contributed by atoms with Crippen LogP contribution in [0.4, 0.5) is 0 Å². The molecule has 0 aliphatic carbocycles. The zero-order valence-electron chi connectivity index (χ0n) is 48.9. The highest BCUT2D eigenvalue weighted by molar-refractivity contribution is 7.45. The number of esters is 2. The molecule has 0 aromatic heterocycles. The van der Waals surface area contributed by atoms with E-state index in [9.17, 15) is 19.0 Å². The number of hydrogen-bond donors (Lipinski definition) is 0. The maximum absolute atomic E-state index is 12.8. The average Bonchev–Trinajstić information content (AvgIpc) is 3.35. The third-order valence-corrected chi connectivity index (χ3v) is 14.9. The Morgan fingerprint density at radius 1 is 0.425 bits per heavy atom. The quantitative estimate of drug-likeness (QED) is 0.0195. The topological polar surface area (TPSA) is 111 Å². The zero-order valence-corrected chi connectivity index (χ0v) is 49.7. The molecule has 10 heteroatoms. The molecule has 0 N–H and O–H groups in total. The normalized spacial score (nSPS) is 13.5. The van der Waals surface area contributed by atoms with Gasteiger partial charge in [0.05, 0.1) is 27.7 Å². The average molecular weight is 1050 g/mol. The summed E-state index contributed by atoms with van der Waals surface area (Å²) in [4.78, 5) is 37.9. The SMILES string of the molecule is CCCCCCC/C=C\C/C=C\C/C=C\CCCCCCCCCCCCC(=O)OC(COC(=O)CCCCCCCCCCCCCCCCCCCCCCCCCC)COP(=O)([O-])OCC[N+](C)(C)C. The summed E-state index contributed by atoms with van der Waals surface area (Å²) in [6.07, 6.45) is 67.7. The molecule has 9 nitrogen and oxygen atoms in total. The van der Waals surface area contributed by atoms with E-state index in [2.05, 4.69) is 50.3 Å². The number of allylic oxidation sites excluding steroid dienone is 6. The van der Waals surface area contributed by atoms with Crippen molar-refractivity contribution in [1.82, 2.24) is 0 Å². The number of quaternary nitrogens is 1. The van der Waals surface area contributed by atoms with Gasteiger partial charge >= 0.3 is 11.9 Å². The molecule has 0 bridgehead atoms. The van der Waals surface area contributed by atoms with Gasteiger partial charge in [0.15, 0.2) is 6.10 Å². The highest BCUT2D eigenvalue weighted by Crippen LogP contribution is 2.38. The standard InChI is InChI=1S/C63H120NO8P/c1-6-8-10-12-14-16-18-20-22-24-26-28-30-32-34-36-38-40-42-44-46-48-50-52-54-56-63(66)72-61(60-71-73(67,68)70-58-57-64(3,4)5)59-69-62(65)55-53-51-49-47-45-43-41-39-37-35-33-31-29-27-25-23-21-19-17-15-13-11-9-7-2/h18,20,24,26,30,32,61H,6-17,19,21-23,25,27-29,31,33-60H2,1-5H3/b20-18-,26-24-,32-30-. The Morgan fingerprint density at radius 3 is 1.10 bits per heavy atom. The van der Waals surface area contributed by atoms with Crippen LogP contribution in [0.1, 0.15) is 303 Å². The van der Waals surface area contributed by atoms with E-state index in [4.69, 9.17) is 18.5 Å². The molecule has 0 amide bonds. The Balaban J connectivity index is 4.11. The molecule has 0 radical (unpaired) electrons.